The van der Waals surface area contributed by atoms with E-state index in [1.54, 1.807) is 36.0 Å². The van der Waals surface area contributed by atoms with Crippen LogP contribution < -0.4 is 5.32 Å². The van der Waals surface area contributed by atoms with Gasteiger partial charge in [-0.3, -0.25) is 4.79 Å². The van der Waals surface area contributed by atoms with Crippen LogP contribution in [0, 0.1) is 0 Å². The van der Waals surface area contributed by atoms with E-state index in [0.717, 1.165) is 11.3 Å². The van der Waals surface area contributed by atoms with Gasteiger partial charge in [-0.1, -0.05) is 32.9 Å². The van der Waals surface area contributed by atoms with Crippen molar-refractivity contribution in [3.8, 4) is 0 Å². The van der Waals surface area contributed by atoms with Crippen LogP contribution in [0.15, 0.2) is 24.3 Å². The first-order valence-corrected chi connectivity index (χ1v) is 6.53. The summed E-state index contributed by atoms with van der Waals surface area (Å²) in [4.78, 5) is 11.6. The highest BCUT2D eigenvalue weighted by molar-refractivity contribution is 8.01. The van der Waals surface area contributed by atoms with E-state index in [9.17, 15) is 4.79 Å². The Balaban J connectivity index is 2.45. The Kier molecular flexibility index (Phi) is 5.02. The van der Waals surface area contributed by atoms with Crippen molar-refractivity contribution < 1.29 is 9.90 Å². The fourth-order valence-corrected chi connectivity index (χ4v) is 1.81. The van der Waals surface area contributed by atoms with Gasteiger partial charge in [0, 0.05) is 10.4 Å². The largest absolute Gasteiger partial charge is 0.392 e. The second-order valence-electron chi connectivity index (χ2n) is 4.80. The molecule has 94 valence electrons. The summed E-state index contributed by atoms with van der Waals surface area (Å²) in [6.07, 6.45) is 0. The molecule has 3 nitrogen and oxygen atoms in total. The monoisotopic (exact) mass is 253 g/mol. The van der Waals surface area contributed by atoms with Gasteiger partial charge in [0.1, 0.15) is 0 Å². The minimum atomic E-state index is 0.00155. The van der Waals surface area contributed by atoms with Gasteiger partial charge in [-0.2, -0.15) is 0 Å². The molecule has 1 aromatic rings. The molecule has 1 rings (SSSR count). The number of benzene rings is 1. The maximum absolute atomic E-state index is 11.6. The number of rotatable bonds is 4. The maximum Gasteiger partial charge on any atom is 0.234 e. The number of hydrogen-bond donors (Lipinski definition) is 2. The van der Waals surface area contributed by atoms with E-state index >= 15 is 0 Å². The summed E-state index contributed by atoms with van der Waals surface area (Å²) in [6.45, 7) is 6.27. The van der Waals surface area contributed by atoms with Gasteiger partial charge in [0.15, 0.2) is 0 Å². The van der Waals surface area contributed by atoms with Crippen LogP contribution in [0.1, 0.15) is 26.3 Å². The Labute approximate surface area is 107 Å². The van der Waals surface area contributed by atoms with Gasteiger partial charge in [0.25, 0.3) is 0 Å². The van der Waals surface area contributed by atoms with Crippen molar-refractivity contribution in [1.82, 2.24) is 0 Å². The first kappa shape index (κ1) is 14.1. The van der Waals surface area contributed by atoms with Crippen LogP contribution in [0.25, 0.3) is 0 Å². The number of carbonyl (C=O) groups is 1. The molecule has 0 spiro atoms. The number of amides is 1. The third-order valence-corrected chi connectivity index (χ3v) is 3.33. The molecule has 0 heterocycles. The average Bonchev–Trinajstić information content (AvgIpc) is 2.27. The van der Waals surface area contributed by atoms with Gasteiger partial charge < -0.3 is 10.4 Å². The van der Waals surface area contributed by atoms with Crippen molar-refractivity contribution in [2.75, 3.05) is 11.1 Å². The van der Waals surface area contributed by atoms with Crippen LogP contribution in [0.2, 0.25) is 0 Å². The second-order valence-corrected chi connectivity index (χ2v) is 6.61. The Bertz CT molecular complexity index is 368. The lowest BCUT2D eigenvalue weighted by molar-refractivity contribution is -0.113. The molecule has 0 aliphatic heterocycles. The van der Waals surface area contributed by atoms with Gasteiger partial charge in [0.2, 0.25) is 5.91 Å². The molecule has 2 N–H and O–H groups in total. The molecule has 4 heteroatoms. The number of hydrogen-bond acceptors (Lipinski definition) is 3. The van der Waals surface area contributed by atoms with E-state index < -0.39 is 0 Å². The molecule has 0 saturated carbocycles. The Morgan fingerprint density at radius 3 is 2.35 bits per heavy atom. The van der Waals surface area contributed by atoms with Gasteiger partial charge in [-0.25, -0.2) is 0 Å². The number of anilines is 1. The predicted molar refractivity (Wildman–Crippen MR) is 73.2 cm³/mol. The lowest BCUT2D eigenvalue weighted by Gasteiger charge is -2.17. The molecule has 1 aromatic carbocycles. The number of nitrogens with one attached hydrogen (secondary N) is 1. The number of carbonyl (C=O) groups excluding carboxylic acids is 1. The SMILES string of the molecule is CC(C)(C)SCC(=O)Nc1ccc(CO)cc1. The summed E-state index contributed by atoms with van der Waals surface area (Å²) >= 11 is 1.62. The summed E-state index contributed by atoms with van der Waals surface area (Å²) in [5.41, 5.74) is 1.61. The first-order valence-electron chi connectivity index (χ1n) is 5.54. The van der Waals surface area contributed by atoms with Crippen molar-refractivity contribution in [2.24, 2.45) is 0 Å². The standard InChI is InChI=1S/C13H19NO2S/c1-13(2,3)17-9-12(16)14-11-6-4-10(8-15)5-7-11/h4-7,15H,8-9H2,1-3H3,(H,14,16). The van der Waals surface area contributed by atoms with Gasteiger partial charge in [0.05, 0.1) is 12.4 Å². The molecule has 0 fully saturated rings. The molecule has 0 aliphatic rings. The number of aliphatic hydroxyl groups excluding tert-OH is 1. The van der Waals surface area contributed by atoms with Crippen LogP contribution in [0.3, 0.4) is 0 Å². The molecule has 17 heavy (non-hydrogen) atoms. The molecule has 0 saturated heterocycles. The highest BCUT2D eigenvalue weighted by Crippen LogP contribution is 2.23. The first-order chi connectivity index (χ1) is 7.90. The van der Waals surface area contributed by atoms with Gasteiger partial charge in [-0.15, -0.1) is 11.8 Å². The molecular weight excluding hydrogens is 234 g/mol. The average molecular weight is 253 g/mol. The smallest absolute Gasteiger partial charge is 0.234 e. The highest BCUT2D eigenvalue weighted by Gasteiger charge is 2.13. The minimum Gasteiger partial charge on any atom is -0.392 e. The van der Waals surface area contributed by atoms with Crippen LogP contribution >= 0.6 is 11.8 Å². The molecule has 1 amide bonds. The summed E-state index contributed by atoms with van der Waals surface area (Å²) < 4.78 is 0.0953. The lowest BCUT2D eigenvalue weighted by Crippen LogP contribution is -2.18. The normalized spacial score (nSPS) is 11.3. The third kappa shape index (κ3) is 5.75. The van der Waals surface area contributed by atoms with E-state index in [1.807, 2.05) is 0 Å². The van der Waals surface area contributed by atoms with E-state index in [2.05, 4.69) is 26.1 Å². The zero-order valence-corrected chi connectivity index (χ0v) is 11.3. The number of thioether (sulfide) groups is 1. The molecule has 0 bridgehead atoms. The van der Waals surface area contributed by atoms with Crippen LogP contribution in [-0.2, 0) is 11.4 Å². The highest BCUT2D eigenvalue weighted by atomic mass is 32.2. The van der Waals surface area contributed by atoms with Crippen LogP contribution in [0.5, 0.6) is 0 Å². The Hall–Kier alpha value is -1.00. The summed E-state index contributed by atoms with van der Waals surface area (Å²) in [5.74, 6) is 0.451. The van der Waals surface area contributed by atoms with Crippen molar-refractivity contribution in [3.63, 3.8) is 0 Å². The van der Waals surface area contributed by atoms with Gasteiger partial charge >= 0.3 is 0 Å². The van der Waals surface area contributed by atoms with Crippen molar-refractivity contribution in [3.05, 3.63) is 29.8 Å². The fourth-order valence-electron chi connectivity index (χ4n) is 1.17. The van der Waals surface area contributed by atoms with Crippen molar-refractivity contribution >= 4 is 23.4 Å². The summed E-state index contributed by atoms with van der Waals surface area (Å²) in [6, 6.07) is 7.19. The predicted octanol–water partition coefficient (Wildman–Crippen LogP) is 2.65. The van der Waals surface area contributed by atoms with E-state index in [1.165, 1.54) is 0 Å². The second kappa shape index (κ2) is 6.07. The Morgan fingerprint density at radius 2 is 1.88 bits per heavy atom. The van der Waals surface area contributed by atoms with Crippen molar-refractivity contribution in [2.45, 2.75) is 32.1 Å². The minimum absolute atomic E-state index is 0.00155. The molecule has 0 unspecified atom stereocenters. The quantitative estimate of drug-likeness (QED) is 0.867. The third-order valence-electron chi connectivity index (χ3n) is 2.06. The molecule has 0 atom stereocenters. The lowest BCUT2D eigenvalue weighted by atomic mass is 10.2. The fraction of sp³-hybridized carbons (Fsp3) is 0.462. The molecule has 0 radical (unpaired) electrons. The molecular formula is C13H19NO2S. The summed E-state index contributed by atoms with van der Waals surface area (Å²) in [5, 5.41) is 11.7. The van der Waals surface area contributed by atoms with Crippen LogP contribution in [-0.4, -0.2) is 21.5 Å². The van der Waals surface area contributed by atoms with Crippen LogP contribution in [0.4, 0.5) is 5.69 Å². The topological polar surface area (TPSA) is 49.3 Å². The van der Waals surface area contributed by atoms with Gasteiger partial charge in [-0.05, 0) is 17.7 Å². The maximum atomic E-state index is 11.6. The zero-order valence-electron chi connectivity index (χ0n) is 10.5. The Morgan fingerprint density at radius 1 is 1.29 bits per heavy atom. The van der Waals surface area contributed by atoms with Crippen molar-refractivity contribution in [1.29, 1.82) is 0 Å². The van der Waals surface area contributed by atoms with E-state index in [4.69, 9.17) is 5.11 Å². The number of aliphatic hydroxyl groups is 1. The van der Waals surface area contributed by atoms with E-state index in [-0.39, 0.29) is 17.3 Å². The summed E-state index contributed by atoms with van der Waals surface area (Å²) in [7, 11) is 0. The molecule has 0 aromatic heterocycles. The van der Waals surface area contributed by atoms with E-state index in [0.29, 0.717) is 5.75 Å². The molecule has 0 aliphatic carbocycles. The zero-order chi connectivity index (χ0) is 12.9.